The van der Waals surface area contributed by atoms with E-state index in [1.54, 1.807) is 0 Å². The number of hydrogen-bond acceptors (Lipinski definition) is 1. The smallest absolute Gasteiger partial charge is 0.0494 e. The molecule has 1 atom stereocenters. The van der Waals surface area contributed by atoms with Gasteiger partial charge in [-0.05, 0) is 88.2 Å². The molecule has 2 nitrogen and oxygen atoms in total. The number of hydrogen-bond donors (Lipinski definition) is 2. The summed E-state index contributed by atoms with van der Waals surface area (Å²) in [6.07, 6.45) is 3.80. The number of nitrogens with one attached hydrogen (secondary N) is 2. The quantitative estimate of drug-likeness (QED) is 0.848. The Kier molecular flexibility index (Phi) is 3.37. The van der Waals surface area contributed by atoms with Gasteiger partial charge in [-0.1, -0.05) is 0 Å². The van der Waals surface area contributed by atoms with Gasteiger partial charge in [0.05, 0.1) is 0 Å². The highest BCUT2D eigenvalue weighted by atomic mass is 14.9. The Morgan fingerprint density at radius 1 is 0.950 bits per heavy atom. The number of aryl methyl sites for hydroxylation is 3. The number of benzene rings is 1. The van der Waals surface area contributed by atoms with Gasteiger partial charge in [0, 0.05) is 22.6 Å². The average Bonchev–Trinajstić information content (AvgIpc) is 3.04. The summed E-state index contributed by atoms with van der Waals surface area (Å²) in [6, 6.07) is 0.661. The molecule has 1 saturated heterocycles. The monoisotopic (exact) mass is 270 g/mol. The van der Waals surface area contributed by atoms with Crippen LogP contribution in [0.25, 0.3) is 10.9 Å². The Bertz CT molecular complexity index is 658. The summed E-state index contributed by atoms with van der Waals surface area (Å²) >= 11 is 0. The Balaban J connectivity index is 2.19. The predicted molar refractivity (Wildman–Crippen MR) is 86.7 cm³/mol. The van der Waals surface area contributed by atoms with Gasteiger partial charge in [-0.15, -0.1) is 0 Å². The number of aromatic amines is 1. The fourth-order valence-corrected chi connectivity index (χ4v) is 3.73. The summed E-state index contributed by atoms with van der Waals surface area (Å²) in [6.45, 7) is 12.4. The number of fused-ring (bicyclic) bond motifs is 1. The van der Waals surface area contributed by atoms with E-state index < -0.39 is 0 Å². The summed E-state index contributed by atoms with van der Waals surface area (Å²) in [5.41, 5.74) is 10.00. The van der Waals surface area contributed by atoms with E-state index in [0.717, 1.165) is 6.42 Å². The lowest BCUT2D eigenvalue weighted by Gasteiger charge is -2.14. The molecule has 20 heavy (non-hydrogen) atoms. The van der Waals surface area contributed by atoms with E-state index in [9.17, 15) is 0 Å². The van der Waals surface area contributed by atoms with Gasteiger partial charge in [0.25, 0.3) is 0 Å². The molecule has 1 aliphatic rings. The summed E-state index contributed by atoms with van der Waals surface area (Å²) < 4.78 is 0. The summed E-state index contributed by atoms with van der Waals surface area (Å²) in [4.78, 5) is 3.65. The minimum atomic E-state index is 0.661. The molecule has 1 fully saturated rings. The molecule has 0 amide bonds. The molecule has 0 saturated carbocycles. The second-order valence-corrected chi connectivity index (χ2v) is 6.48. The third-order valence-electron chi connectivity index (χ3n) is 5.37. The summed E-state index contributed by atoms with van der Waals surface area (Å²) in [7, 11) is 0. The van der Waals surface area contributed by atoms with Gasteiger partial charge in [-0.3, -0.25) is 0 Å². The first kappa shape index (κ1) is 13.7. The molecule has 3 rings (SSSR count). The highest BCUT2D eigenvalue weighted by Crippen LogP contribution is 2.34. The topological polar surface area (TPSA) is 27.8 Å². The van der Waals surface area contributed by atoms with Gasteiger partial charge >= 0.3 is 0 Å². The van der Waals surface area contributed by atoms with Crippen LogP contribution in [-0.4, -0.2) is 17.6 Å². The van der Waals surface area contributed by atoms with Crippen molar-refractivity contribution >= 4 is 10.9 Å². The molecule has 108 valence electrons. The molecule has 0 spiro atoms. The zero-order valence-corrected chi connectivity index (χ0v) is 13.4. The van der Waals surface area contributed by atoms with Gasteiger partial charge < -0.3 is 10.3 Å². The predicted octanol–water partition coefficient (Wildman–Crippen LogP) is 4.00. The number of aromatic nitrogens is 1. The molecule has 0 unspecified atom stereocenters. The van der Waals surface area contributed by atoms with E-state index in [4.69, 9.17) is 0 Å². The minimum Gasteiger partial charge on any atom is -0.358 e. The average molecular weight is 270 g/mol. The first-order valence-corrected chi connectivity index (χ1v) is 7.81. The standard InChI is InChI=1S/C18H26N2/c1-10-11(2)13(4)18-17(12(10)3)16(14(5)20-18)9-15-7-6-8-19-15/h15,19-20H,6-9H2,1-5H3/t15-/m1/s1. The van der Waals surface area contributed by atoms with Crippen molar-refractivity contribution in [3.8, 4) is 0 Å². The third-order valence-corrected chi connectivity index (χ3v) is 5.37. The van der Waals surface area contributed by atoms with Gasteiger partial charge in [0.2, 0.25) is 0 Å². The van der Waals surface area contributed by atoms with E-state index in [1.807, 2.05) is 0 Å². The van der Waals surface area contributed by atoms with Gasteiger partial charge in [-0.25, -0.2) is 0 Å². The van der Waals surface area contributed by atoms with Gasteiger partial charge in [-0.2, -0.15) is 0 Å². The van der Waals surface area contributed by atoms with Crippen molar-refractivity contribution < 1.29 is 0 Å². The van der Waals surface area contributed by atoms with E-state index in [2.05, 4.69) is 44.9 Å². The maximum absolute atomic E-state index is 3.65. The van der Waals surface area contributed by atoms with Crippen LogP contribution in [0.2, 0.25) is 0 Å². The molecule has 2 N–H and O–H groups in total. The molecular weight excluding hydrogens is 244 g/mol. The SMILES string of the molecule is Cc1[nH]c2c(C)c(C)c(C)c(C)c2c1C[C@H]1CCCN1. The maximum atomic E-state index is 3.65. The highest BCUT2D eigenvalue weighted by molar-refractivity contribution is 5.92. The molecule has 1 aromatic heterocycles. The third kappa shape index (κ3) is 1.98. The van der Waals surface area contributed by atoms with E-state index in [1.165, 1.54) is 63.8 Å². The van der Waals surface area contributed by atoms with Crippen LogP contribution in [0.4, 0.5) is 0 Å². The van der Waals surface area contributed by atoms with Gasteiger partial charge in [0.15, 0.2) is 0 Å². The molecule has 2 heteroatoms. The normalized spacial score (nSPS) is 19.1. The lowest BCUT2D eigenvalue weighted by molar-refractivity contribution is 0.603. The van der Waals surface area contributed by atoms with Crippen molar-refractivity contribution in [1.82, 2.24) is 10.3 Å². The van der Waals surface area contributed by atoms with Crippen molar-refractivity contribution in [1.29, 1.82) is 0 Å². The molecule has 1 aromatic carbocycles. The van der Waals surface area contributed by atoms with Crippen LogP contribution in [-0.2, 0) is 6.42 Å². The van der Waals surface area contributed by atoms with Crippen molar-refractivity contribution in [3.05, 3.63) is 33.5 Å². The van der Waals surface area contributed by atoms with E-state index >= 15 is 0 Å². The van der Waals surface area contributed by atoms with Crippen LogP contribution in [0.5, 0.6) is 0 Å². The largest absolute Gasteiger partial charge is 0.358 e. The number of rotatable bonds is 2. The van der Waals surface area contributed by atoms with E-state index in [-0.39, 0.29) is 0 Å². The zero-order valence-electron chi connectivity index (χ0n) is 13.4. The van der Waals surface area contributed by atoms with Crippen molar-refractivity contribution in [3.63, 3.8) is 0 Å². The van der Waals surface area contributed by atoms with Crippen LogP contribution >= 0.6 is 0 Å². The van der Waals surface area contributed by atoms with Crippen LogP contribution in [0.15, 0.2) is 0 Å². The minimum absolute atomic E-state index is 0.661. The fourth-order valence-electron chi connectivity index (χ4n) is 3.73. The Morgan fingerprint density at radius 3 is 2.30 bits per heavy atom. The van der Waals surface area contributed by atoms with E-state index in [0.29, 0.717) is 6.04 Å². The fraction of sp³-hybridized carbons (Fsp3) is 0.556. The molecule has 2 heterocycles. The van der Waals surface area contributed by atoms with Crippen molar-refractivity contribution in [2.24, 2.45) is 0 Å². The van der Waals surface area contributed by atoms with Crippen LogP contribution < -0.4 is 5.32 Å². The van der Waals surface area contributed by atoms with Crippen LogP contribution in [0.3, 0.4) is 0 Å². The van der Waals surface area contributed by atoms with Crippen LogP contribution in [0.1, 0.15) is 46.4 Å². The Morgan fingerprint density at radius 2 is 1.65 bits per heavy atom. The highest BCUT2D eigenvalue weighted by Gasteiger charge is 2.21. The zero-order chi connectivity index (χ0) is 14.4. The van der Waals surface area contributed by atoms with Gasteiger partial charge in [0.1, 0.15) is 0 Å². The summed E-state index contributed by atoms with van der Waals surface area (Å²) in [5.74, 6) is 0. The molecule has 0 radical (unpaired) electrons. The van der Waals surface area contributed by atoms with Crippen LogP contribution in [0, 0.1) is 34.6 Å². The Hall–Kier alpha value is -1.28. The Labute approximate surface area is 122 Å². The summed E-state index contributed by atoms with van der Waals surface area (Å²) in [5, 5.41) is 5.12. The molecular formula is C18H26N2. The number of H-pyrrole nitrogens is 1. The first-order chi connectivity index (χ1) is 9.50. The molecule has 0 bridgehead atoms. The lowest BCUT2D eigenvalue weighted by atomic mass is 9.91. The van der Waals surface area contributed by atoms with Crippen molar-refractivity contribution in [2.75, 3.05) is 6.54 Å². The first-order valence-electron chi connectivity index (χ1n) is 7.81. The second kappa shape index (κ2) is 4.92. The molecule has 1 aliphatic heterocycles. The van der Waals surface area contributed by atoms with Crippen molar-refractivity contribution in [2.45, 2.75) is 59.9 Å². The lowest BCUT2D eigenvalue weighted by Crippen LogP contribution is -2.23. The molecule has 0 aliphatic carbocycles. The molecule has 2 aromatic rings. The maximum Gasteiger partial charge on any atom is 0.0494 e. The second-order valence-electron chi connectivity index (χ2n) is 6.48.